The van der Waals surface area contributed by atoms with Crippen molar-refractivity contribution in [2.75, 3.05) is 13.1 Å². The Morgan fingerprint density at radius 2 is 2.05 bits per heavy atom. The minimum absolute atomic E-state index is 0.346. The van der Waals surface area contributed by atoms with E-state index in [4.69, 9.17) is 11.5 Å². The first-order valence-electron chi connectivity index (χ1n) is 6.92. The van der Waals surface area contributed by atoms with Crippen molar-refractivity contribution in [3.05, 3.63) is 41.7 Å². The van der Waals surface area contributed by atoms with E-state index >= 15 is 0 Å². The van der Waals surface area contributed by atoms with E-state index in [2.05, 4.69) is 20.6 Å². The van der Waals surface area contributed by atoms with Crippen molar-refractivity contribution >= 4 is 6.21 Å². The highest BCUT2D eigenvalue weighted by molar-refractivity contribution is 5.76. The first-order valence-corrected chi connectivity index (χ1v) is 6.92. The van der Waals surface area contributed by atoms with Gasteiger partial charge in [0.25, 0.3) is 0 Å². The minimum Gasteiger partial charge on any atom is -0.382 e. The van der Waals surface area contributed by atoms with Gasteiger partial charge in [-0.3, -0.25) is 4.98 Å². The maximum atomic E-state index is 5.99. The molecular weight excluding hydrogens is 252 g/mol. The van der Waals surface area contributed by atoms with E-state index in [1.807, 2.05) is 18.3 Å². The van der Waals surface area contributed by atoms with Gasteiger partial charge in [0.2, 0.25) is 0 Å². The zero-order chi connectivity index (χ0) is 14.0. The third-order valence-electron chi connectivity index (χ3n) is 4.12. The van der Waals surface area contributed by atoms with E-state index in [0.717, 1.165) is 31.5 Å². The summed E-state index contributed by atoms with van der Waals surface area (Å²) < 4.78 is 0. The van der Waals surface area contributed by atoms with Gasteiger partial charge < -0.3 is 22.1 Å². The van der Waals surface area contributed by atoms with Gasteiger partial charge in [-0.25, -0.2) is 4.99 Å². The number of aliphatic imine (C=N–C) groups is 1. The smallest absolute Gasteiger partial charge is 0.163 e. The molecule has 1 saturated heterocycles. The molecule has 0 bridgehead atoms. The summed E-state index contributed by atoms with van der Waals surface area (Å²) in [5.41, 5.74) is 12.5. The van der Waals surface area contributed by atoms with Crippen LogP contribution in [0.25, 0.3) is 0 Å². The van der Waals surface area contributed by atoms with Crippen LogP contribution in [0.5, 0.6) is 0 Å². The lowest BCUT2D eigenvalue weighted by Crippen LogP contribution is -2.56. The van der Waals surface area contributed by atoms with Crippen molar-refractivity contribution in [1.82, 2.24) is 15.6 Å². The highest BCUT2D eigenvalue weighted by Gasteiger charge is 2.41. The lowest BCUT2D eigenvalue weighted by atomic mass is 9.75. The highest BCUT2D eigenvalue weighted by Crippen LogP contribution is 2.34. The molecule has 2 unspecified atom stereocenters. The van der Waals surface area contributed by atoms with E-state index in [1.54, 1.807) is 12.4 Å². The Kier molecular flexibility index (Phi) is 3.31. The molecule has 6 nitrogen and oxygen atoms in total. The summed E-state index contributed by atoms with van der Waals surface area (Å²) in [6.45, 7) is 1.99. The predicted octanol–water partition coefficient (Wildman–Crippen LogP) is -0.00550. The molecule has 0 radical (unpaired) electrons. The van der Waals surface area contributed by atoms with Crippen LogP contribution in [-0.4, -0.2) is 24.3 Å². The molecule has 1 aromatic heterocycles. The van der Waals surface area contributed by atoms with Crippen LogP contribution in [0.15, 0.2) is 41.2 Å². The molecule has 0 saturated carbocycles. The van der Waals surface area contributed by atoms with E-state index in [-0.39, 0.29) is 0 Å². The third-order valence-corrected chi connectivity index (χ3v) is 4.12. The first-order chi connectivity index (χ1) is 9.72. The minimum atomic E-state index is -0.413. The van der Waals surface area contributed by atoms with E-state index in [0.29, 0.717) is 17.6 Å². The second-order valence-electron chi connectivity index (χ2n) is 5.33. The maximum Gasteiger partial charge on any atom is 0.163 e. The summed E-state index contributed by atoms with van der Waals surface area (Å²) in [4.78, 5) is 8.41. The molecule has 2 aliphatic rings. The van der Waals surface area contributed by atoms with Crippen LogP contribution in [-0.2, 0) is 5.54 Å². The second kappa shape index (κ2) is 5.13. The van der Waals surface area contributed by atoms with Crippen LogP contribution in [0.1, 0.15) is 18.4 Å². The summed E-state index contributed by atoms with van der Waals surface area (Å²) in [7, 11) is 0. The lowest BCUT2D eigenvalue weighted by Gasteiger charge is -2.43. The fourth-order valence-electron chi connectivity index (χ4n) is 3.02. The van der Waals surface area contributed by atoms with Crippen molar-refractivity contribution in [3.63, 3.8) is 0 Å². The normalized spacial score (nSPS) is 30.1. The molecule has 3 heterocycles. The predicted molar refractivity (Wildman–Crippen MR) is 78.5 cm³/mol. The number of hydrogen-bond acceptors (Lipinski definition) is 6. The Balaban J connectivity index is 2.02. The van der Waals surface area contributed by atoms with Gasteiger partial charge in [-0.05, 0) is 37.1 Å². The van der Waals surface area contributed by atoms with Crippen molar-refractivity contribution in [2.45, 2.75) is 18.4 Å². The van der Waals surface area contributed by atoms with Crippen LogP contribution < -0.4 is 22.1 Å². The van der Waals surface area contributed by atoms with Crippen LogP contribution in [0, 0.1) is 5.92 Å². The number of hydrogen-bond donors (Lipinski definition) is 4. The molecule has 0 amide bonds. The van der Waals surface area contributed by atoms with Crippen LogP contribution in [0.3, 0.4) is 0 Å². The van der Waals surface area contributed by atoms with E-state index < -0.39 is 5.54 Å². The molecule has 1 fully saturated rings. The van der Waals surface area contributed by atoms with E-state index in [9.17, 15) is 0 Å². The van der Waals surface area contributed by atoms with Gasteiger partial charge in [-0.2, -0.15) is 0 Å². The largest absolute Gasteiger partial charge is 0.382 e. The zero-order valence-electron chi connectivity index (χ0n) is 11.3. The molecule has 0 aromatic carbocycles. The highest BCUT2D eigenvalue weighted by atomic mass is 15.2. The van der Waals surface area contributed by atoms with Gasteiger partial charge in [-0.1, -0.05) is 0 Å². The Labute approximate surface area is 118 Å². The Morgan fingerprint density at radius 3 is 2.70 bits per heavy atom. The van der Waals surface area contributed by atoms with Crippen molar-refractivity contribution in [1.29, 1.82) is 0 Å². The Morgan fingerprint density at radius 1 is 1.25 bits per heavy atom. The molecule has 6 N–H and O–H groups in total. The third kappa shape index (κ3) is 2.12. The van der Waals surface area contributed by atoms with Gasteiger partial charge in [0.05, 0.1) is 0 Å². The number of nitrogens with two attached hydrogens (primary N) is 2. The Bertz CT molecular complexity index is 532. The first kappa shape index (κ1) is 12.9. The van der Waals surface area contributed by atoms with E-state index in [1.165, 1.54) is 0 Å². The number of piperidine rings is 1. The number of nitrogens with zero attached hydrogens (tertiary/aromatic N) is 2. The molecule has 2 aliphatic heterocycles. The lowest BCUT2D eigenvalue weighted by molar-refractivity contribution is 0.251. The number of pyridine rings is 1. The van der Waals surface area contributed by atoms with Gasteiger partial charge >= 0.3 is 0 Å². The quantitative estimate of drug-likeness (QED) is 0.607. The summed E-state index contributed by atoms with van der Waals surface area (Å²) in [5, 5.41) is 6.83. The average molecular weight is 272 g/mol. The Hall–Kier alpha value is -2.08. The number of nitrogens with one attached hydrogen (secondary N) is 2. The van der Waals surface area contributed by atoms with Gasteiger partial charge in [-0.15, -0.1) is 0 Å². The summed E-state index contributed by atoms with van der Waals surface area (Å²) in [6.07, 6.45) is 7.74. The van der Waals surface area contributed by atoms with Gasteiger partial charge in [0.15, 0.2) is 5.82 Å². The molecule has 3 rings (SSSR count). The van der Waals surface area contributed by atoms with Gasteiger partial charge in [0, 0.05) is 31.1 Å². The molecule has 0 aliphatic carbocycles. The molecule has 106 valence electrons. The molecular formula is C14H20N6. The fourth-order valence-corrected chi connectivity index (χ4v) is 3.02. The van der Waals surface area contributed by atoms with Crippen molar-refractivity contribution in [3.8, 4) is 0 Å². The summed E-state index contributed by atoms with van der Waals surface area (Å²) in [5.74, 6) is 1.15. The molecule has 0 spiro atoms. The van der Waals surface area contributed by atoms with Crippen LogP contribution in [0.4, 0.5) is 0 Å². The van der Waals surface area contributed by atoms with Crippen molar-refractivity contribution in [2.24, 2.45) is 22.4 Å². The van der Waals surface area contributed by atoms with Crippen LogP contribution >= 0.6 is 0 Å². The topological polar surface area (TPSA) is 101 Å². The summed E-state index contributed by atoms with van der Waals surface area (Å²) >= 11 is 0. The fraction of sp³-hybridized carbons (Fsp3) is 0.429. The molecule has 1 aromatic rings. The maximum absolute atomic E-state index is 5.99. The molecule has 6 heteroatoms. The average Bonchev–Trinajstić information content (AvgIpc) is 2.52. The standard InChI is InChI=1S/C14H20N6/c15-12-13(16)20-14(9-19-12,10-3-6-17-7-4-10)11-2-1-5-18-8-11/h3-4,6-7,9,11,18,20H,1-2,5,8,15-16H2. The summed E-state index contributed by atoms with van der Waals surface area (Å²) in [6, 6.07) is 4.00. The zero-order valence-corrected chi connectivity index (χ0v) is 11.3. The number of aromatic nitrogens is 1. The molecule has 2 atom stereocenters. The van der Waals surface area contributed by atoms with Gasteiger partial charge in [0.1, 0.15) is 11.4 Å². The SMILES string of the molecule is NC1=C(N)NC(c2ccncc2)(C2CCCNC2)C=N1. The molecule has 20 heavy (non-hydrogen) atoms. The monoisotopic (exact) mass is 272 g/mol. The van der Waals surface area contributed by atoms with Crippen LogP contribution in [0.2, 0.25) is 0 Å². The number of rotatable bonds is 2. The van der Waals surface area contributed by atoms with Crippen molar-refractivity contribution < 1.29 is 0 Å². The second-order valence-corrected chi connectivity index (χ2v) is 5.33.